The van der Waals surface area contributed by atoms with Crippen molar-refractivity contribution in [1.29, 1.82) is 0 Å². The summed E-state index contributed by atoms with van der Waals surface area (Å²) >= 11 is 0. The average Bonchev–Trinajstić information content (AvgIpc) is 2.47. The summed E-state index contributed by atoms with van der Waals surface area (Å²) in [6.45, 7) is 3.51. The van der Waals surface area contributed by atoms with Gasteiger partial charge in [-0.2, -0.15) is 0 Å². The number of hydrogen-bond donors (Lipinski definition) is 2. The Morgan fingerprint density at radius 1 is 1.43 bits per heavy atom. The van der Waals surface area contributed by atoms with Crippen LogP contribution in [0.2, 0.25) is 0 Å². The molecule has 77 valence electrons. The molecule has 1 aliphatic carbocycles. The summed E-state index contributed by atoms with van der Waals surface area (Å²) in [5.41, 5.74) is 0.711. The van der Waals surface area contributed by atoms with E-state index in [4.69, 9.17) is 14.6 Å². The Morgan fingerprint density at radius 3 is 2.64 bits per heavy atom. The van der Waals surface area contributed by atoms with Gasteiger partial charge in [0.05, 0.1) is 6.61 Å². The molecule has 2 aliphatic rings. The first-order valence-corrected chi connectivity index (χ1v) is 4.38. The van der Waals surface area contributed by atoms with Crippen LogP contribution < -0.4 is 0 Å². The normalized spacial score (nSPS) is 38.9. The summed E-state index contributed by atoms with van der Waals surface area (Å²) < 4.78 is 11.0. The van der Waals surface area contributed by atoms with Crippen LogP contribution in [-0.4, -0.2) is 40.9 Å². The van der Waals surface area contributed by atoms with E-state index in [0.717, 1.165) is 0 Å². The number of hydrogen-bond acceptors (Lipinski definition) is 4. The van der Waals surface area contributed by atoms with Gasteiger partial charge in [0.15, 0.2) is 5.79 Å². The second kappa shape index (κ2) is 4.28. The molecule has 5 heteroatoms. The smallest absolute Gasteiger partial charge is 0.164 e. The van der Waals surface area contributed by atoms with E-state index in [-0.39, 0.29) is 51.5 Å². The molecule has 1 aliphatic heterocycles. The molecule has 0 bridgehead atoms. The van der Waals surface area contributed by atoms with Crippen LogP contribution in [0.4, 0.5) is 0 Å². The molecular formula is C9H14O4Y. The Hall–Kier alpha value is 0.684. The standard InChI is InChI=1S/C9H14O4.Y/c1-9(2)12-7-5(4-10)3-6(11)8(7)13-9;/h3,6-8,10-11H,4H2,1-2H3;/t6-,7-,8?;/m1./s1. The zero-order valence-electron chi connectivity index (χ0n) is 8.30. The van der Waals surface area contributed by atoms with E-state index in [1.807, 2.05) is 0 Å². The number of rotatable bonds is 1. The number of aliphatic hydroxyl groups excluding tert-OH is 2. The molecule has 0 aromatic carbocycles. The van der Waals surface area contributed by atoms with Gasteiger partial charge in [0.1, 0.15) is 18.3 Å². The molecule has 4 nitrogen and oxygen atoms in total. The second-order valence-corrected chi connectivity index (χ2v) is 3.91. The first kappa shape index (κ1) is 12.8. The molecule has 3 atom stereocenters. The maximum atomic E-state index is 9.54. The fourth-order valence-electron chi connectivity index (χ4n) is 1.88. The van der Waals surface area contributed by atoms with E-state index in [1.54, 1.807) is 19.9 Å². The first-order chi connectivity index (χ1) is 6.03. The van der Waals surface area contributed by atoms with Gasteiger partial charge in [-0.05, 0) is 25.5 Å². The third-order valence-electron chi connectivity index (χ3n) is 2.40. The first-order valence-electron chi connectivity index (χ1n) is 4.38. The van der Waals surface area contributed by atoms with E-state index >= 15 is 0 Å². The molecule has 0 amide bonds. The van der Waals surface area contributed by atoms with Gasteiger partial charge in [0.2, 0.25) is 0 Å². The average molecular weight is 275 g/mol. The summed E-state index contributed by atoms with van der Waals surface area (Å²) in [7, 11) is 0. The molecule has 0 aromatic rings. The number of ether oxygens (including phenoxy) is 2. The summed E-state index contributed by atoms with van der Waals surface area (Å²) in [4.78, 5) is 0. The molecule has 1 radical (unpaired) electrons. The molecule has 1 unspecified atom stereocenters. The Bertz CT molecular complexity index is 251. The largest absolute Gasteiger partial charge is 0.392 e. The van der Waals surface area contributed by atoms with Crippen molar-refractivity contribution >= 4 is 0 Å². The van der Waals surface area contributed by atoms with Crippen molar-refractivity contribution < 1.29 is 52.4 Å². The predicted octanol–water partition coefficient (Wildman–Crippen LogP) is -0.203. The summed E-state index contributed by atoms with van der Waals surface area (Å²) in [6, 6.07) is 0. The zero-order valence-corrected chi connectivity index (χ0v) is 11.1. The molecule has 1 saturated heterocycles. The van der Waals surface area contributed by atoms with Crippen molar-refractivity contribution in [3.63, 3.8) is 0 Å². The van der Waals surface area contributed by atoms with Crippen LogP contribution in [0, 0.1) is 0 Å². The third-order valence-corrected chi connectivity index (χ3v) is 2.40. The van der Waals surface area contributed by atoms with Crippen LogP contribution in [0.25, 0.3) is 0 Å². The van der Waals surface area contributed by atoms with E-state index in [9.17, 15) is 5.11 Å². The topological polar surface area (TPSA) is 58.9 Å². The van der Waals surface area contributed by atoms with Crippen LogP contribution in [0.1, 0.15) is 13.8 Å². The van der Waals surface area contributed by atoms with Crippen molar-refractivity contribution in [3.8, 4) is 0 Å². The Morgan fingerprint density at radius 2 is 2.07 bits per heavy atom. The molecular weight excluding hydrogens is 261 g/mol. The van der Waals surface area contributed by atoms with Crippen LogP contribution in [0.5, 0.6) is 0 Å². The van der Waals surface area contributed by atoms with Gasteiger partial charge in [-0.1, -0.05) is 0 Å². The zero-order chi connectivity index (χ0) is 9.64. The fraction of sp³-hybridized carbons (Fsp3) is 0.778. The minimum Gasteiger partial charge on any atom is -0.392 e. The van der Waals surface area contributed by atoms with Gasteiger partial charge in [-0.15, -0.1) is 0 Å². The van der Waals surface area contributed by atoms with Crippen LogP contribution in [0.3, 0.4) is 0 Å². The molecule has 1 heterocycles. The molecule has 0 spiro atoms. The molecule has 0 aromatic heterocycles. The van der Waals surface area contributed by atoms with Crippen LogP contribution in [0.15, 0.2) is 11.6 Å². The quantitative estimate of drug-likeness (QED) is 0.651. The molecule has 2 N–H and O–H groups in total. The van der Waals surface area contributed by atoms with Crippen molar-refractivity contribution in [3.05, 3.63) is 11.6 Å². The Labute approximate surface area is 108 Å². The van der Waals surface area contributed by atoms with Gasteiger partial charge in [0.25, 0.3) is 0 Å². The minimum absolute atomic E-state index is 0. The fourth-order valence-corrected chi connectivity index (χ4v) is 1.88. The van der Waals surface area contributed by atoms with Gasteiger partial charge < -0.3 is 19.7 Å². The maximum absolute atomic E-state index is 9.54. The Kier molecular flexibility index (Phi) is 3.90. The monoisotopic (exact) mass is 275 g/mol. The van der Waals surface area contributed by atoms with E-state index in [0.29, 0.717) is 5.57 Å². The van der Waals surface area contributed by atoms with Crippen molar-refractivity contribution in [2.24, 2.45) is 0 Å². The van der Waals surface area contributed by atoms with E-state index < -0.39 is 11.9 Å². The second-order valence-electron chi connectivity index (χ2n) is 3.91. The van der Waals surface area contributed by atoms with Crippen molar-refractivity contribution in [1.82, 2.24) is 0 Å². The maximum Gasteiger partial charge on any atom is 0.164 e. The van der Waals surface area contributed by atoms with Crippen molar-refractivity contribution in [2.75, 3.05) is 6.61 Å². The van der Waals surface area contributed by atoms with Gasteiger partial charge >= 0.3 is 0 Å². The Balaban J connectivity index is 0.000000980. The summed E-state index contributed by atoms with van der Waals surface area (Å²) in [5.74, 6) is -0.662. The summed E-state index contributed by atoms with van der Waals surface area (Å²) in [6.07, 6.45) is 0.311. The molecule has 0 saturated carbocycles. The van der Waals surface area contributed by atoms with E-state index in [2.05, 4.69) is 0 Å². The van der Waals surface area contributed by atoms with Gasteiger partial charge in [0, 0.05) is 32.7 Å². The third kappa shape index (κ3) is 2.10. The molecule has 2 rings (SSSR count). The van der Waals surface area contributed by atoms with Crippen LogP contribution in [-0.2, 0) is 42.2 Å². The van der Waals surface area contributed by atoms with Crippen molar-refractivity contribution in [2.45, 2.75) is 37.9 Å². The van der Waals surface area contributed by atoms with Crippen LogP contribution >= 0.6 is 0 Å². The van der Waals surface area contributed by atoms with Gasteiger partial charge in [-0.25, -0.2) is 0 Å². The SMILES string of the molecule is CC1(C)OC2[C@H](O)C=C(CO)[C@H]2O1.[Y]. The predicted molar refractivity (Wildman–Crippen MR) is 45.0 cm³/mol. The number of aliphatic hydroxyl groups is 2. The molecule has 14 heavy (non-hydrogen) atoms. The molecule has 1 fully saturated rings. The number of fused-ring (bicyclic) bond motifs is 1. The van der Waals surface area contributed by atoms with E-state index in [1.165, 1.54) is 0 Å². The summed E-state index contributed by atoms with van der Waals surface area (Å²) in [5, 5.41) is 18.5. The van der Waals surface area contributed by atoms with Gasteiger partial charge in [-0.3, -0.25) is 0 Å². The minimum atomic E-state index is -0.662.